The average molecular weight is 367 g/mol. The number of hydrogen-bond donors (Lipinski definition) is 1. The van der Waals surface area contributed by atoms with Crippen molar-refractivity contribution in [2.24, 2.45) is 0 Å². The fourth-order valence-electron chi connectivity index (χ4n) is 3.63. The standard InChI is InChI=1S/C17H25N3O4S/c1-24-16-15(9-4-10-18-16)17(21)20-11-5-8-14(12-20)25(22,23)19-13-6-2-3-7-13/h4,9-10,13-14,19H,2-3,5-8,11-12H2,1H3/t14-/m0/s1. The number of amides is 1. The van der Waals surface area contributed by atoms with Crippen LogP contribution >= 0.6 is 0 Å². The molecule has 7 nitrogen and oxygen atoms in total. The molecule has 1 aliphatic carbocycles. The van der Waals surface area contributed by atoms with Crippen molar-refractivity contribution in [2.75, 3.05) is 20.2 Å². The van der Waals surface area contributed by atoms with E-state index in [0.717, 1.165) is 25.7 Å². The Balaban J connectivity index is 1.71. The summed E-state index contributed by atoms with van der Waals surface area (Å²) in [5.41, 5.74) is 0.367. The van der Waals surface area contributed by atoms with Crippen molar-refractivity contribution in [3.8, 4) is 5.88 Å². The lowest BCUT2D eigenvalue weighted by atomic mass is 10.1. The molecule has 1 aromatic rings. The van der Waals surface area contributed by atoms with E-state index in [0.29, 0.717) is 24.9 Å². The van der Waals surface area contributed by atoms with Crippen LogP contribution in [0.25, 0.3) is 0 Å². The van der Waals surface area contributed by atoms with E-state index in [4.69, 9.17) is 4.74 Å². The third kappa shape index (κ3) is 4.12. The van der Waals surface area contributed by atoms with Gasteiger partial charge in [-0.2, -0.15) is 0 Å². The molecule has 0 aromatic carbocycles. The van der Waals surface area contributed by atoms with Gasteiger partial charge in [0.2, 0.25) is 15.9 Å². The number of rotatable bonds is 5. The number of methoxy groups -OCH3 is 1. The number of aromatic nitrogens is 1. The number of hydrogen-bond acceptors (Lipinski definition) is 5. The molecule has 0 unspecified atom stereocenters. The minimum Gasteiger partial charge on any atom is -0.480 e. The van der Waals surface area contributed by atoms with Crippen LogP contribution in [0.3, 0.4) is 0 Å². The van der Waals surface area contributed by atoms with Crippen molar-refractivity contribution in [1.82, 2.24) is 14.6 Å². The molecular formula is C17H25N3O4S. The van der Waals surface area contributed by atoms with Gasteiger partial charge in [0.1, 0.15) is 5.56 Å². The Kier molecular flexibility index (Phi) is 5.58. The van der Waals surface area contributed by atoms with Crippen LogP contribution in [0.4, 0.5) is 0 Å². The molecule has 0 spiro atoms. The summed E-state index contributed by atoms with van der Waals surface area (Å²) >= 11 is 0. The second kappa shape index (κ2) is 7.70. The van der Waals surface area contributed by atoms with Crippen molar-refractivity contribution >= 4 is 15.9 Å². The summed E-state index contributed by atoms with van der Waals surface area (Å²) in [7, 11) is -1.96. The summed E-state index contributed by atoms with van der Waals surface area (Å²) in [6, 6.07) is 3.38. The van der Waals surface area contributed by atoms with Crippen LogP contribution < -0.4 is 9.46 Å². The highest BCUT2D eigenvalue weighted by molar-refractivity contribution is 7.90. The Bertz CT molecular complexity index is 716. The predicted octanol–water partition coefficient (Wildman–Crippen LogP) is 1.56. The van der Waals surface area contributed by atoms with Crippen LogP contribution in [0.2, 0.25) is 0 Å². The van der Waals surface area contributed by atoms with Crippen molar-refractivity contribution in [3.63, 3.8) is 0 Å². The number of carbonyl (C=O) groups is 1. The minimum absolute atomic E-state index is 0.0505. The van der Waals surface area contributed by atoms with Crippen molar-refractivity contribution in [1.29, 1.82) is 0 Å². The first kappa shape index (κ1) is 18.1. The number of sulfonamides is 1. The molecule has 2 fully saturated rings. The summed E-state index contributed by atoms with van der Waals surface area (Å²) in [6.45, 7) is 0.755. The lowest BCUT2D eigenvalue weighted by Gasteiger charge is -2.33. The Hall–Kier alpha value is -1.67. The quantitative estimate of drug-likeness (QED) is 0.853. The van der Waals surface area contributed by atoms with Crippen LogP contribution in [0.1, 0.15) is 48.9 Å². The summed E-state index contributed by atoms with van der Waals surface area (Å²) < 4.78 is 33.4. The lowest BCUT2D eigenvalue weighted by Crippen LogP contribution is -2.50. The molecule has 2 aliphatic rings. The smallest absolute Gasteiger partial charge is 0.259 e. The Morgan fingerprint density at radius 1 is 1.28 bits per heavy atom. The number of piperidine rings is 1. The first-order valence-electron chi connectivity index (χ1n) is 8.80. The monoisotopic (exact) mass is 367 g/mol. The molecule has 1 N–H and O–H groups in total. The fourth-order valence-corrected chi connectivity index (χ4v) is 5.38. The second-order valence-corrected chi connectivity index (χ2v) is 8.71. The zero-order valence-electron chi connectivity index (χ0n) is 14.5. The number of pyridine rings is 1. The minimum atomic E-state index is -3.42. The summed E-state index contributed by atoms with van der Waals surface area (Å²) in [5, 5.41) is -0.562. The van der Waals surface area contributed by atoms with E-state index in [-0.39, 0.29) is 24.4 Å². The normalized spacial score (nSPS) is 22.1. The molecule has 1 saturated carbocycles. The summed E-state index contributed by atoms with van der Waals surface area (Å²) in [4.78, 5) is 18.4. The van der Waals surface area contributed by atoms with E-state index < -0.39 is 15.3 Å². The van der Waals surface area contributed by atoms with Crippen LogP contribution in [0.15, 0.2) is 18.3 Å². The second-order valence-electron chi connectivity index (χ2n) is 6.72. The zero-order chi connectivity index (χ0) is 17.9. The highest BCUT2D eigenvalue weighted by atomic mass is 32.2. The molecule has 8 heteroatoms. The number of ether oxygens (including phenoxy) is 1. The van der Waals surface area contributed by atoms with Crippen molar-refractivity contribution < 1.29 is 17.9 Å². The van der Waals surface area contributed by atoms with Crippen LogP contribution in [0, 0.1) is 0 Å². The zero-order valence-corrected chi connectivity index (χ0v) is 15.3. The first-order chi connectivity index (χ1) is 12.0. The SMILES string of the molecule is COc1ncccc1C(=O)N1CCC[C@H](S(=O)(=O)NC2CCCC2)C1. The molecule has 1 aromatic heterocycles. The maximum absolute atomic E-state index is 12.8. The topological polar surface area (TPSA) is 88.6 Å². The summed E-state index contributed by atoms with van der Waals surface area (Å²) in [6.07, 6.45) is 6.76. The lowest BCUT2D eigenvalue weighted by molar-refractivity contribution is 0.0722. The largest absolute Gasteiger partial charge is 0.480 e. The molecule has 138 valence electrons. The molecule has 0 bridgehead atoms. The fraction of sp³-hybridized carbons (Fsp3) is 0.647. The Labute approximate surface area is 148 Å². The maximum Gasteiger partial charge on any atom is 0.259 e. The summed E-state index contributed by atoms with van der Waals surface area (Å²) in [5.74, 6) is 0.0345. The number of carbonyl (C=O) groups excluding carboxylic acids is 1. The number of likely N-dealkylation sites (tertiary alicyclic amines) is 1. The van der Waals surface area contributed by atoms with Crippen molar-refractivity contribution in [3.05, 3.63) is 23.9 Å². The van der Waals surface area contributed by atoms with Gasteiger partial charge in [-0.25, -0.2) is 18.1 Å². The van der Waals surface area contributed by atoms with E-state index in [1.54, 1.807) is 23.2 Å². The Morgan fingerprint density at radius 3 is 2.76 bits per heavy atom. The van der Waals surface area contributed by atoms with Gasteiger partial charge < -0.3 is 9.64 Å². The van der Waals surface area contributed by atoms with Gasteiger partial charge in [-0.1, -0.05) is 12.8 Å². The molecule has 1 aliphatic heterocycles. The van der Waals surface area contributed by atoms with E-state index in [1.807, 2.05) is 0 Å². The third-order valence-corrected chi connectivity index (χ3v) is 6.91. The van der Waals surface area contributed by atoms with Gasteiger partial charge >= 0.3 is 0 Å². The van der Waals surface area contributed by atoms with Gasteiger partial charge in [-0.05, 0) is 37.8 Å². The van der Waals surface area contributed by atoms with Gasteiger partial charge in [0.25, 0.3) is 5.91 Å². The van der Waals surface area contributed by atoms with Gasteiger partial charge in [0, 0.05) is 25.3 Å². The van der Waals surface area contributed by atoms with E-state index >= 15 is 0 Å². The van der Waals surface area contributed by atoms with Gasteiger partial charge in [-0.3, -0.25) is 4.79 Å². The first-order valence-corrected chi connectivity index (χ1v) is 10.4. The van der Waals surface area contributed by atoms with Gasteiger partial charge in [0.15, 0.2) is 0 Å². The molecule has 1 saturated heterocycles. The van der Waals surface area contributed by atoms with Crippen LogP contribution in [-0.2, 0) is 10.0 Å². The van der Waals surface area contributed by atoms with E-state index in [1.165, 1.54) is 7.11 Å². The van der Waals surface area contributed by atoms with Crippen molar-refractivity contribution in [2.45, 2.75) is 49.8 Å². The third-order valence-electron chi connectivity index (χ3n) is 4.99. The average Bonchev–Trinajstić information content (AvgIpc) is 3.13. The highest BCUT2D eigenvalue weighted by Crippen LogP contribution is 2.24. The molecule has 25 heavy (non-hydrogen) atoms. The number of nitrogens with one attached hydrogen (secondary N) is 1. The molecular weight excluding hydrogens is 342 g/mol. The Morgan fingerprint density at radius 2 is 2.04 bits per heavy atom. The predicted molar refractivity (Wildman–Crippen MR) is 94.0 cm³/mol. The van der Waals surface area contributed by atoms with Gasteiger partial charge in [0.05, 0.1) is 12.4 Å². The van der Waals surface area contributed by atoms with Crippen LogP contribution in [-0.4, -0.2) is 55.7 Å². The molecule has 0 radical (unpaired) electrons. The number of nitrogens with zero attached hydrogens (tertiary/aromatic N) is 2. The highest BCUT2D eigenvalue weighted by Gasteiger charge is 2.35. The molecule has 3 rings (SSSR count). The molecule has 1 amide bonds. The van der Waals surface area contributed by atoms with E-state index in [9.17, 15) is 13.2 Å². The van der Waals surface area contributed by atoms with Gasteiger partial charge in [-0.15, -0.1) is 0 Å². The van der Waals surface area contributed by atoms with Crippen LogP contribution in [0.5, 0.6) is 5.88 Å². The maximum atomic E-state index is 12.8. The molecule has 2 heterocycles. The van der Waals surface area contributed by atoms with E-state index in [2.05, 4.69) is 9.71 Å². The molecule has 1 atom stereocenters.